The van der Waals surface area contributed by atoms with Gasteiger partial charge in [-0.15, -0.1) is 5.10 Å². The van der Waals surface area contributed by atoms with E-state index in [9.17, 15) is 0 Å². The first-order valence-corrected chi connectivity index (χ1v) is 8.60. The second kappa shape index (κ2) is 8.29. The summed E-state index contributed by atoms with van der Waals surface area (Å²) in [6.45, 7) is 5.55. The lowest BCUT2D eigenvalue weighted by atomic mass is 10.2. The van der Waals surface area contributed by atoms with Gasteiger partial charge in [0.1, 0.15) is 5.75 Å². The predicted octanol–water partition coefficient (Wildman–Crippen LogP) is 3.96. The molecule has 0 aliphatic heterocycles. The SMILES string of the molecule is CCN(c1cccc(C)c1)c1nncc(NCc2ccc(OC)cc2)n1. The molecule has 6 nitrogen and oxygen atoms in total. The van der Waals surface area contributed by atoms with Crippen molar-refractivity contribution in [1.82, 2.24) is 15.2 Å². The molecule has 3 rings (SSSR count). The molecule has 1 heterocycles. The van der Waals surface area contributed by atoms with Crippen molar-refractivity contribution < 1.29 is 4.74 Å². The van der Waals surface area contributed by atoms with E-state index in [1.54, 1.807) is 13.3 Å². The van der Waals surface area contributed by atoms with E-state index >= 15 is 0 Å². The van der Waals surface area contributed by atoms with Gasteiger partial charge < -0.3 is 15.0 Å². The molecule has 0 aliphatic carbocycles. The topological polar surface area (TPSA) is 63.2 Å². The van der Waals surface area contributed by atoms with Crippen molar-refractivity contribution in [2.75, 3.05) is 23.9 Å². The van der Waals surface area contributed by atoms with Crippen molar-refractivity contribution in [1.29, 1.82) is 0 Å². The summed E-state index contributed by atoms with van der Waals surface area (Å²) in [5, 5.41) is 11.6. The van der Waals surface area contributed by atoms with Crippen LogP contribution >= 0.6 is 0 Å². The molecular formula is C20H23N5O. The summed E-state index contributed by atoms with van der Waals surface area (Å²) in [5.74, 6) is 2.12. The van der Waals surface area contributed by atoms with Crippen LogP contribution in [0.4, 0.5) is 17.5 Å². The van der Waals surface area contributed by atoms with Crippen LogP contribution in [0, 0.1) is 6.92 Å². The van der Waals surface area contributed by atoms with Crippen LogP contribution in [-0.2, 0) is 6.54 Å². The van der Waals surface area contributed by atoms with Crippen molar-refractivity contribution >= 4 is 17.5 Å². The van der Waals surface area contributed by atoms with Gasteiger partial charge in [0.2, 0.25) is 0 Å². The fraction of sp³-hybridized carbons (Fsp3) is 0.250. The standard InChI is InChI=1S/C20H23N5O/c1-4-25(17-7-5-6-15(2)12-17)20-23-19(14-22-24-20)21-13-16-8-10-18(26-3)11-9-16/h5-12,14H,4,13H2,1-3H3,(H,21,23,24). The lowest BCUT2D eigenvalue weighted by Gasteiger charge is -2.21. The zero-order valence-electron chi connectivity index (χ0n) is 15.3. The lowest BCUT2D eigenvalue weighted by Crippen LogP contribution is -2.20. The van der Waals surface area contributed by atoms with E-state index in [0.717, 1.165) is 23.5 Å². The molecular weight excluding hydrogens is 326 g/mol. The number of nitrogens with one attached hydrogen (secondary N) is 1. The molecule has 2 aromatic carbocycles. The molecule has 6 heteroatoms. The first kappa shape index (κ1) is 17.7. The van der Waals surface area contributed by atoms with Gasteiger partial charge >= 0.3 is 0 Å². The van der Waals surface area contributed by atoms with E-state index < -0.39 is 0 Å². The second-order valence-electron chi connectivity index (χ2n) is 5.93. The normalized spacial score (nSPS) is 10.4. The summed E-state index contributed by atoms with van der Waals surface area (Å²) in [6.07, 6.45) is 1.64. The first-order valence-electron chi connectivity index (χ1n) is 8.60. The minimum atomic E-state index is 0.581. The van der Waals surface area contributed by atoms with Crippen LogP contribution in [0.5, 0.6) is 5.75 Å². The highest BCUT2D eigenvalue weighted by molar-refractivity contribution is 5.58. The van der Waals surface area contributed by atoms with Crippen molar-refractivity contribution in [3.05, 3.63) is 65.9 Å². The predicted molar refractivity (Wildman–Crippen MR) is 104 cm³/mol. The Morgan fingerprint density at radius 2 is 1.92 bits per heavy atom. The maximum absolute atomic E-state index is 5.18. The third kappa shape index (κ3) is 4.27. The molecule has 134 valence electrons. The Morgan fingerprint density at radius 3 is 2.62 bits per heavy atom. The molecule has 0 atom stereocenters. The van der Waals surface area contributed by atoms with Gasteiger partial charge in [0.05, 0.1) is 13.3 Å². The molecule has 0 spiro atoms. The zero-order chi connectivity index (χ0) is 18.4. The first-order chi connectivity index (χ1) is 12.7. The highest BCUT2D eigenvalue weighted by Crippen LogP contribution is 2.23. The van der Waals surface area contributed by atoms with E-state index in [4.69, 9.17) is 4.74 Å². The number of aryl methyl sites for hydroxylation is 1. The number of hydrogen-bond acceptors (Lipinski definition) is 6. The van der Waals surface area contributed by atoms with E-state index in [0.29, 0.717) is 18.3 Å². The smallest absolute Gasteiger partial charge is 0.251 e. The van der Waals surface area contributed by atoms with E-state index in [1.807, 2.05) is 35.2 Å². The Balaban J connectivity index is 1.74. The number of hydrogen-bond donors (Lipinski definition) is 1. The monoisotopic (exact) mass is 349 g/mol. The van der Waals surface area contributed by atoms with Gasteiger partial charge in [-0.3, -0.25) is 0 Å². The third-order valence-corrected chi connectivity index (χ3v) is 4.05. The number of benzene rings is 2. The van der Waals surface area contributed by atoms with Crippen LogP contribution in [0.3, 0.4) is 0 Å². The Bertz CT molecular complexity index is 851. The second-order valence-corrected chi connectivity index (χ2v) is 5.93. The molecule has 0 radical (unpaired) electrons. The summed E-state index contributed by atoms with van der Waals surface area (Å²) < 4.78 is 5.18. The molecule has 26 heavy (non-hydrogen) atoms. The van der Waals surface area contributed by atoms with Crippen molar-refractivity contribution in [2.45, 2.75) is 20.4 Å². The maximum atomic E-state index is 5.18. The summed E-state index contributed by atoms with van der Waals surface area (Å²) >= 11 is 0. The van der Waals surface area contributed by atoms with Gasteiger partial charge in [0.25, 0.3) is 5.95 Å². The summed E-state index contributed by atoms with van der Waals surface area (Å²) in [6, 6.07) is 16.2. The van der Waals surface area contributed by atoms with Gasteiger partial charge in [-0.25, -0.2) is 0 Å². The largest absolute Gasteiger partial charge is 0.497 e. The maximum Gasteiger partial charge on any atom is 0.251 e. The van der Waals surface area contributed by atoms with Gasteiger partial charge in [-0.1, -0.05) is 24.3 Å². The summed E-state index contributed by atoms with van der Waals surface area (Å²) in [5.41, 5.74) is 3.39. The van der Waals surface area contributed by atoms with Crippen LogP contribution < -0.4 is 15.0 Å². The Hall–Kier alpha value is -3.15. The van der Waals surface area contributed by atoms with Crippen molar-refractivity contribution in [3.63, 3.8) is 0 Å². The Morgan fingerprint density at radius 1 is 1.12 bits per heavy atom. The average molecular weight is 349 g/mol. The summed E-state index contributed by atoms with van der Waals surface area (Å²) in [4.78, 5) is 6.66. The molecule has 0 unspecified atom stereocenters. The third-order valence-electron chi connectivity index (χ3n) is 4.05. The van der Waals surface area contributed by atoms with E-state index in [2.05, 4.69) is 52.5 Å². The number of rotatable bonds is 7. The van der Waals surface area contributed by atoms with E-state index in [1.165, 1.54) is 5.56 Å². The van der Waals surface area contributed by atoms with Gasteiger partial charge in [0, 0.05) is 18.8 Å². The number of ether oxygens (including phenoxy) is 1. The van der Waals surface area contributed by atoms with Crippen LogP contribution in [0.25, 0.3) is 0 Å². The minimum absolute atomic E-state index is 0.581. The highest BCUT2D eigenvalue weighted by atomic mass is 16.5. The molecule has 0 saturated carbocycles. The molecule has 0 fully saturated rings. The lowest BCUT2D eigenvalue weighted by molar-refractivity contribution is 0.414. The molecule has 1 N–H and O–H groups in total. The number of anilines is 3. The summed E-state index contributed by atoms with van der Waals surface area (Å²) in [7, 11) is 1.66. The molecule has 0 bridgehead atoms. The van der Waals surface area contributed by atoms with Gasteiger partial charge in [0.15, 0.2) is 5.82 Å². The number of aromatic nitrogens is 3. The van der Waals surface area contributed by atoms with Crippen LogP contribution in [0.1, 0.15) is 18.1 Å². The fourth-order valence-electron chi connectivity index (χ4n) is 2.67. The van der Waals surface area contributed by atoms with E-state index in [-0.39, 0.29) is 0 Å². The molecule has 0 saturated heterocycles. The fourth-order valence-corrected chi connectivity index (χ4v) is 2.67. The molecule has 1 aromatic heterocycles. The Kier molecular flexibility index (Phi) is 5.63. The molecule has 3 aromatic rings. The van der Waals surface area contributed by atoms with Gasteiger partial charge in [-0.05, 0) is 49.2 Å². The number of nitrogens with zero attached hydrogens (tertiary/aromatic N) is 4. The molecule has 0 amide bonds. The quantitative estimate of drug-likeness (QED) is 0.697. The van der Waals surface area contributed by atoms with Crippen LogP contribution in [-0.4, -0.2) is 28.8 Å². The minimum Gasteiger partial charge on any atom is -0.497 e. The highest BCUT2D eigenvalue weighted by Gasteiger charge is 2.12. The molecule has 0 aliphatic rings. The van der Waals surface area contributed by atoms with Crippen LogP contribution in [0.15, 0.2) is 54.7 Å². The van der Waals surface area contributed by atoms with Crippen molar-refractivity contribution in [2.24, 2.45) is 0 Å². The number of methoxy groups -OCH3 is 1. The van der Waals surface area contributed by atoms with Gasteiger partial charge in [-0.2, -0.15) is 10.1 Å². The Labute approximate surface area is 153 Å². The zero-order valence-corrected chi connectivity index (χ0v) is 15.3. The van der Waals surface area contributed by atoms with Crippen LogP contribution in [0.2, 0.25) is 0 Å². The average Bonchev–Trinajstić information content (AvgIpc) is 2.68. The van der Waals surface area contributed by atoms with Crippen molar-refractivity contribution in [3.8, 4) is 5.75 Å².